The van der Waals surface area contributed by atoms with E-state index in [0.717, 1.165) is 21.6 Å². The average molecular weight is 408 g/mol. The van der Waals surface area contributed by atoms with Gasteiger partial charge < -0.3 is 14.8 Å². The Hall–Kier alpha value is -3.35. The van der Waals surface area contributed by atoms with Crippen LogP contribution in [0.1, 0.15) is 39.5 Å². The van der Waals surface area contributed by atoms with Crippen LogP contribution in [0.25, 0.3) is 0 Å². The zero-order valence-corrected chi connectivity index (χ0v) is 17.5. The standard InChI is InChI=1S/C23H24N2O5/c1-13-9-15(3)17(10-14(13)2)18(26)12-25-21(27)23(4,24-22(25)28)16-5-6-19-20(11-16)30-8-7-29-19/h5-6,9-11H,7-8,12H2,1-4H3,(H,24,28)/t23-/m0/s1. The van der Waals surface area contributed by atoms with Gasteiger partial charge >= 0.3 is 6.03 Å². The highest BCUT2D eigenvalue weighted by Crippen LogP contribution is 2.37. The Kier molecular flexibility index (Phi) is 4.76. The fraction of sp³-hybridized carbons (Fsp3) is 0.348. The maximum Gasteiger partial charge on any atom is 0.325 e. The van der Waals surface area contributed by atoms with Gasteiger partial charge in [-0.2, -0.15) is 0 Å². The van der Waals surface area contributed by atoms with E-state index in [4.69, 9.17) is 9.47 Å². The number of amides is 3. The number of imide groups is 1. The van der Waals surface area contributed by atoms with E-state index < -0.39 is 17.5 Å². The van der Waals surface area contributed by atoms with Crippen LogP contribution in [0.15, 0.2) is 30.3 Å². The molecule has 156 valence electrons. The number of carbonyl (C=O) groups is 3. The summed E-state index contributed by atoms with van der Waals surface area (Å²) in [6, 6.07) is 8.31. The molecule has 0 radical (unpaired) electrons. The van der Waals surface area contributed by atoms with Crippen molar-refractivity contribution in [2.75, 3.05) is 19.8 Å². The molecule has 0 aliphatic carbocycles. The Morgan fingerprint density at radius 2 is 1.67 bits per heavy atom. The first-order chi connectivity index (χ1) is 14.2. The number of benzene rings is 2. The highest BCUT2D eigenvalue weighted by Gasteiger charge is 2.49. The molecule has 0 bridgehead atoms. The van der Waals surface area contributed by atoms with Crippen molar-refractivity contribution >= 4 is 17.7 Å². The SMILES string of the molecule is Cc1cc(C)c(C(=O)CN2C(=O)N[C@@](C)(c3ccc4c(c3)OCCO4)C2=O)cc1C. The van der Waals surface area contributed by atoms with Gasteiger partial charge in [-0.25, -0.2) is 4.79 Å². The van der Waals surface area contributed by atoms with Crippen LogP contribution in [-0.2, 0) is 10.3 Å². The predicted molar refractivity (Wildman–Crippen MR) is 110 cm³/mol. The van der Waals surface area contributed by atoms with Gasteiger partial charge in [0, 0.05) is 5.56 Å². The van der Waals surface area contributed by atoms with E-state index in [1.54, 1.807) is 25.1 Å². The molecule has 1 saturated heterocycles. The summed E-state index contributed by atoms with van der Waals surface area (Å²) in [5.74, 6) is 0.384. The third kappa shape index (κ3) is 3.20. The number of nitrogens with zero attached hydrogens (tertiary/aromatic N) is 1. The molecule has 2 aliphatic rings. The summed E-state index contributed by atoms with van der Waals surface area (Å²) in [6.45, 7) is 7.96. The summed E-state index contributed by atoms with van der Waals surface area (Å²) < 4.78 is 11.1. The molecule has 0 aromatic heterocycles. The number of carbonyl (C=O) groups excluding carboxylic acids is 3. The Balaban J connectivity index is 1.60. The molecular formula is C23H24N2O5. The van der Waals surface area contributed by atoms with E-state index in [1.165, 1.54) is 0 Å². The molecule has 0 saturated carbocycles. The van der Waals surface area contributed by atoms with Gasteiger partial charge in [0.25, 0.3) is 5.91 Å². The van der Waals surface area contributed by atoms with E-state index in [0.29, 0.717) is 35.8 Å². The number of ether oxygens (including phenoxy) is 2. The summed E-state index contributed by atoms with van der Waals surface area (Å²) in [5, 5.41) is 2.73. The van der Waals surface area contributed by atoms with Crippen LogP contribution in [0.2, 0.25) is 0 Å². The molecule has 0 spiro atoms. The van der Waals surface area contributed by atoms with Crippen LogP contribution >= 0.6 is 0 Å². The summed E-state index contributed by atoms with van der Waals surface area (Å²) in [5.41, 5.74) is 2.71. The van der Waals surface area contributed by atoms with Crippen LogP contribution < -0.4 is 14.8 Å². The maximum absolute atomic E-state index is 13.2. The van der Waals surface area contributed by atoms with Crippen LogP contribution in [0, 0.1) is 20.8 Å². The van der Waals surface area contributed by atoms with Crippen molar-refractivity contribution in [2.24, 2.45) is 0 Å². The summed E-state index contributed by atoms with van der Waals surface area (Å²) in [7, 11) is 0. The van der Waals surface area contributed by atoms with Crippen LogP contribution in [0.4, 0.5) is 4.79 Å². The van der Waals surface area contributed by atoms with Crippen molar-refractivity contribution < 1.29 is 23.9 Å². The molecule has 1 atom stereocenters. The van der Waals surface area contributed by atoms with E-state index in [9.17, 15) is 14.4 Å². The van der Waals surface area contributed by atoms with E-state index >= 15 is 0 Å². The third-order valence-electron chi connectivity index (χ3n) is 5.84. The third-order valence-corrected chi connectivity index (χ3v) is 5.84. The average Bonchev–Trinajstić information content (AvgIpc) is 2.94. The molecule has 7 nitrogen and oxygen atoms in total. The van der Waals surface area contributed by atoms with Crippen molar-refractivity contribution in [3.05, 3.63) is 58.1 Å². The normalized spacial score (nSPS) is 20.3. The van der Waals surface area contributed by atoms with Gasteiger partial charge in [-0.15, -0.1) is 0 Å². The molecule has 7 heteroatoms. The van der Waals surface area contributed by atoms with E-state index in [2.05, 4.69) is 5.32 Å². The second-order valence-corrected chi connectivity index (χ2v) is 7.98. The second-order valence-electron chi connectivity index (χ2n) is 7.98. The number of rotatable bonds is 4. The molecule has 1 fully saturated rings. The highest BCUT2D eigenvalue weighted by molar-refractivity contribution is 6.11. The molecule has 0 unspecified atom stereocenters. The molecule has 30 heavy (non-hydrogen) atoms. The van der Waals surface area contributed by atoms with Crippen molar-refractivity contribution in [3.63, 3.8) is 0 Å². The van der Waals surface area contributed by atoms with Gasteiger partial charge in [-0.1, -0.05) is 12.1 Å². The molecule has 2 heterocycles. The fourth-order valence-electron chi connectivity index (χ4n) is 3.88. The number of aryl methyl sites for hydroxylation is 3. The molecule has 2 aromatic carbocycles. The van der Waals surface area contributed by atoms with Gasteiger partial charge in [0.15, 0.2) is 17.3 Å². The van der Waals surface area contributed by atoms with Gasteiger partial charge in [0.2, 0.25) is 0 Å². The minimum atomic E-state index is -1.29. The fourth-order valence-corrected chi connectivity index (χ4v) is 3.88. The van der Waals surface area contributed by atoms with Crippen molar-refractivity contribution in [3.8, 4) is 11.5 Å². The van der Waals surface area contributed by atoms with Crippen LogP contribution in [0.5, 0.6) is 11.5 Å². The highest BCUT2D eigenvalue weighted by atomic mass is 16.6. The number of hydrogen-bond acceptors (Lipinski definition) is 5. The number of urea groups is 1. The quantitative estimate of drug-likeness (QED) is 0.621. The molecule has 2 aliphatic heterocycles. The zero-order valence-electron chi connectivity index (χ0n) is 17.5. The van der Waals surface area contributed by atoms with E-state index in [1.807, 2.05) is 32.9 Å². The molecule has 4 rings (SSSR count). The number of Topliss-reactive ketones (excluding diaryl/α,β-unsaturated/α-hetero) is 1. The lowest BCUT2D eigenvalue weighted by atomic mass is 9.91. The maximum atomic E-state index is 13.2. The lowest BCUT2D eigenvalue weighted by molar-refractivity contribution is -0.130. The summed E-state index contributed by atoms with van der Waals surface area (Å²) >= 11 is 0. The first-order valence-electron chi connectivity index (χ1n) is 9.86. The topological polar surface area (TPSA) is 84.9 Å². The second kappa shape index (κ2) is 7.16. The van der Waals surface area contributed by atoms with Crippen molar-refractivity contribution in [2.45, 2.75) is 33.2 Å². The monoisotopic (exact) mass is 408 g/mol. The minimum Gasteiger partial charge on any atom is -0.486 e. The van der Waals surface area contributed by atoms with E-state index in [-0.39, 0.29) is 12.3 Å². The molecular weight excluding hydrogens is 384 g/mol. The van der Waals surface area contributed by atoms with Gasteiger partial charge in [-0.05, 0) is 68.1 Å². The Morgan fingerprint density at radius 1 is 1.00 bits per heavy atom. The number of ketones is 1. The van der Waals surface area contributed by atoms with Crippen molar-refractivity contribution in [1.82, 2.24) is 10.2 Å². The minimum absolute atomic E-state index is 0.273. The first-order valence-corrected chi connectivity index (χ1v) is 9.86. The molecule has 3 amide bonds. The number of fused-ring (bicyclic) bond motifs is 1. The predicted octanol–water partition coefficient (Wildman–Crippen LogP) is 3.03. The Morgan fingerprint density at radius 3 is 2.40 bits per heavy atom. The van der Waals surface area contributed by atoms with Crippen molar-refractivity contribution in [1.29, 1.82) is 0 Å². The summed E-state index contributed by atoms with van der Waals surface area (Å²) in [6.07, 6.45) is 0. The molecule has 1 N–H and O–H groups in total. The first kappa shape index (κ1) is 19.9. The van der Waals surface area contributed by atoms with Crippen LogP contribution in [0.3, 0.4) is 0 Å². The largest absolute Gasteiger partial charge is 0.486 e. The number of hydrogen-bond donors (Lipinski definition) is 1. The van der Waals surface area contributed by atoms with Gasteiger partial charge in [-0.3, -0.25) is 14.5 Å². The summed E-state index contributed by atoms with van der Waals surface area (Å²) in [4.78, 5) is 39.7. The lowest BCUT2D eigenvalue weighted by Gasteiger charge is -2.25. The van der Waals surface area contributed by atoms with Crippen LogP contribution in [-0.4, -0.2) is 42.4 Å². The Labute approximate surface area is 175 Å². The zero-order chi connectivity index (χ0) is 21.6. The van der Waals surface area contributed by atoms with Gasteiger partial charge in [0.05, 0.1) is 6.54 Å². The smallest absolute Gasteiger partial charge is 0.325 e. The lowest BCUT2D eigenvalue weighted by Crippen LogP contribution is -2.41. The number of nitrogens with one attached hydrogen (secondary N) is 1. The molecule has 2 aromatic rings. The van der Waals surface area contributed by atoms with Gasteiger partial charge in [0.1, 0.15) is 18.8 Å². The Bertz CT molecular complexity index is 1080.